The number of benzene rings is 1. The van der Waals surface area contributed by atoms with E-state index in [1.165, 1.54) is 7.05 Å². The Labute approximate surface area is 105 Å². The molecule has 2 rings (SSSR count). The Balaban J connectivity index is 2.11. The predicted octanol–water partition coefficient (Wildman–Crippen LogP) is 0.410. The SMILES string of the molecule is CN1C(=O)CCC(Nc2ccc(N)c(N)c2)C1=O. The number of piperidine rings is 1. The monoisotopic (exact) mass is 248 g/mol. The molecule has 1 aliphatic heterocycles. The quantitative estimate of drug-likeness (QED) is 0.520. The Morgan fingerprint density at radius 1 is 1.28 bits per heavy atom. The minimum Gasteiger partial charge on any atom is -0.397 e. The Hall–Kier alpha value is -2.24. The number of nitrogens with two attached hydrogens (primary N) is 2. The second kappa shape index (κ2) is 4.56. The van der Waals surface area contributed by atoms with E-state index in [1.54, 1.807) is 18.2 Å². The number of likely N-dealkylation sites (tertiary alicyclic amines) is 1. The van der Waals surface area contributed by atoms with Crippen LogP contribution in [0.2, 0.25) is 0 Å². The average molecular weight is 248 g/mol. The van der Waals surface area contributed by atoms with Crippen LogP contribution in [-0.4, -0.2) is 29.8 Å². The molecule has 0 radical (unpaired) electrons. The fourth-order valence-electron chi connectivity index (χ4n) is 1.92. The lowest BCUT2D eigenvalue weighted by Crippen LogP contribution is -2.48. The fourth-order valence-corrected chi connectivity index (χ4v) is 1.92. The fraction of sp³-hybridized carbons (Fsp3) is 0.333. The van der Waals surface area contributed by atoms with Crippen molar-refractivity contribution in [1.82, 2.24) is 4.90 Å². The van der Waals surface area contributed by atoms with Crippen LogP contribution in [0, 0.1) is 0 Å². The van der Waals surface area contributed by atoms with Crippen LogP contribution in [0.25, 0.3) is 0 Å². The number of nitrogen functional groups attached to an aromatic ring is 2. The molecule has 1 aliphatic rings. The third kappa shape index (κ3) is 2.22. The van der Waals surface area contributed by atoms with Gasteiger partial charge in [-0.15, -0.1) is 0 Å². The summed E-state index contributed by atoms with van der Waals surface area (Å²) in [6.45, 7) is 0. The van der Waals surface area contributed by atoms with Crippen LogP contribution in [0.15, 0.2) is 18.2 Å². The Bertz CT molecular complexity index is 501. The van der Waals surface area contributed by atoms with E-state index in [0.717, 1.165) is 10.6 Å². The molecule has 1 aromatic carbocycles. The van der Waals surface area contributed by atoms with Crippen LogP contribution < -0.4 is 16.8 Å². The number of likely N-dealkylation sites (N-methyl/N-ethyl adjacent to an activating group) is 1. The number of hydrogen-bond acceptors (Lipinski definition) is 5. The lowest BCUT2D eigenvalue weighted by atomic mass is 10.0. The van der Waals surface area contributed by atoms with Crippen molar-refractivity contribution < 1.29 is 9.59 Å². The molecule has 1 saturated heterocycles. The van der Waals surface area contributed by atoms with E-state index < -0.39 is 6.04 Å². The third-order valence-corrected chi connectivity index (χ3v) is 3.08. The maximum atomic E-state index is 11.9. The molecule has 96 valence electrons. The first-order valence-corrected chi connectivity index (χ1v) is 5.71. The number of carbonyl (C=O) groups excluding carboxylic acids is 2. The minimum atomic E-state index is -0.393. The number of nitrogens with zero attached hydrogens (tertiary/aromatic N) is 1. The summed E-state index contributed by atoms with van der Waals surface area (Å²) in [4.78, 5) is 24.4. The molecule has 18 heavy (non-hydrogen) atoms. The van der Waals surface area contributed by atoms with Crippen molar-refractivity contribution in [3.8, 4) is 0 Å². The second-order valence-corrected chi connectivity index (χ2v) is 4.37. The molecule has 0 spiro atoms. The van der Waals surface area contributed by atoms with Gasteiger partial charge in [0.15, 0.2) is 0 Å². The van der Waals surface area contributed by atoms with Gasteiger partial charge in [-0.1, -0.05) is 0 Å². The van der Waals surface area contributed by atoms with Gasteiger partial charge in [-0.05, 0) is 24.6 Å². The van der Waals surface area contributed by atoms with E-state index in [1.807, 2.05) is 0 Å². The number of amides is 2. The zero-order valence-corrected chi connectivity index (χ0v) is 10.1. The van der Waals surface area contributed by atoms with Gasteiger partial charge in [0, 0.05) is 19.2 Å². The smallest absolute Gasteiger partial charge is 0.251 e. The highest BCUT2D eigenvalue weighted by Gasteiger charge is 2.31. The lowest BCUT2D eigenvalue weighted by molar-refractivity contribution is -0.146. The topological polar surface area (TPSA) is 101 Å². The van der Waals surface area contributed by atoms with Crippen LogP contribution >= 0.6 is 0 Å². The van der Waals surface area contributed by atoms with E-state index >= 15 is 0 Å². The third-order valence-electron chi connectivity index (χ3n) is 3.08. The van der Waals surface area contributed by atoms with Gasteiger partial charge in [0.05, 0.1) is 11.4 Å². The average Bonchev–Trinajstić information content (AvgIpc) is 2.34. The number of nitrogens with one attached hydrogen (secondary N) is 1. The van der Waals surface area contributed by atoms with Crippen LogP contribution in [-0.2, 0) is 9.59 Å². The molecular weight excluding hydrogens is 232 g/mol. The molecule has 0 saturated carbocycles. The molecule has 0 aromatic heterocycles. The Kier molecular flexibility index (Phi) is 3.10. The highest BCUT2D eigenvalue weighted by Crippen LogP contribution is 2.22. The summed E-state index contributed by atoms with van der Waals surface area (Å²) in [5.74, 6) is -0.364. The van der Waals surface area contributed by atoms with E-state index in [2.05, 4.69) is 5.32 Å². The summed E-state index contributed by atoms with van der Waals surface area (Å²) in [5.41, 5.74) is 13.0. The first kappa shape index (κ1) is 12.2. The molecule has 6 heteroatoms. The summed E-state index contributed by atoms with van der Waals surface area (Å²) in [6, 6.07) is 4.73. The molecule has 1 unspecified atom stereocenters. The summed E-state index contributed by atoms with van der Waals surface area (Å²) < 4.78 is 0. The molecule has 0 aliphatic carbocycles. The largest absolute Gasteiger partial charge is 0.397 e. The molecule has 2 amide bonds. The van der Waals surface area contributed by atoms with Crippen molar-refractivity contribution in [3.05, 3.63) is 18.2 Å². The molecule has 6 nitrogen and oxygen atoms in total. The van der Waals surface area contributed by atoms with Crippen LogP contribution in [0.1, 0.15) is 12.8 Å². The predicted molar refractivity (Wildman–Crippen MR) is 69.7 cm³/mol. The summed E-state index contributed by atoms with van der Waals surface area (Å²) in [6.07, 6.45) is 0.858. The lowest BCUT2D eigenvalue weighted by Gasteiger charge is -2.28. The zero-order chi connectivity index (χ0) is 13.3. The van der Waals surface area contributed by atoms with Crippen molar-refractivity contribution in [2.24, 2.45) is 0 Å². The molecule has 1 aromatic rings. The van der Waals surface area contributed by atoms with Crippen molar-refractivity contribution >= 4 is 28.9 Å². The first-order chi connectivity index (χ1) is 8.49. The summed E-state index contributed by atoms with van der Waals surface area (Å²) in [5, 5.41) is 3.07. The van der Waals surface area contributed by atoms with Crippen LogP contribution in [0.4, 0.5) is 17.1 Å². The van der Waals surface area contributed by atoms with Crippen molar-refractivity contribution in [3.63, 3.8) is 0 Å². The van der Waals surface area contributed by atoms with Gasteiger partial charge in [-0.25, -0.2) is 0 Å². The number of imide groups is 1. The Morgan fingerprint density at radius 3 is 2.67 bits per heavy atom. The normalized spacial score (nSPS) is 20.1. The Morgan fingerprint density at radius 2 is 2.00 bits per heavy atom. The van der Waals surface area contributed by atoms with E-state index in [9.17, 15) is 9.59 Å². The highest BCUT2D eigenvalue weighted by molar-refractivity contribution is 6.01. The van der Waals surface area contributed by atoms with Crippen LogP contribution in [0.3, 0.4) is 0 Å². The van der Waals surface area contributed by atoms with Gasteiger partial charge in [0.25, 0.3) is 5.91 Å². The van der Waals surface area contributed by atoms with Crippen molar-refractivity contribution in [1.29, 1.82) is 0 Å². The summed E-state index contributed by atoms with van der Waals surface area (Å²) >= 11 is 0. The van der Waals surface area contributed by atoms with Crippen LogP contribution in [0.5, 0.6) is 0 Å². The van der Waals surface area contributed by atoms with Gasteiger partial charge < -0.3 is 16.8 Å². The number of hydrogen-bond donors (Lipinski definition) is 3. The maximum absolute atomic E-state index is 11.9. The molecule has 1 fully saturated rings. The van der Waals surface area contributed by atoms with Crippen molar-refractivity contribution in [2.75, 3.05) is 23.8 Å². The number of rotatable bonds is 2. The maximum Gasteiger partial charge on any atom is 0.251 e. The number of carbonyl (C=O) groups is 2. The molecule has 1 atom stereocenters. The van der Waals surface area contributed by atoms with E-state index in [-0.39, 0.29) is 11.8 Å². The highest BCUT2D eigenvalue weighted by atomic mass is 16.2. The molecule has 5 N–H and O–H groups in total. The van der Waals surface area contributed by atoms with Gasteiger partial charge in [0.2, 0.25) is 5.91 Å². The standard InChI is InChI=1S/C12H16N4O2/c1-16-11(17)5-4-10(12(16)18)15-7-2-3-8(13)9(14)6-7/h2-3,6,10,15H,4-5,13-14H2,1H3. The molecule has 1 heterocycles. The number of anilines is 3. The summed E-state index contributed by atoms with van der Waals surface area (Å²) in [7, 11) is 1.50. The van der Waals surface area contributed by atoms with Gasteiger partial charge in [0.1, 0.15) is 6.04 Å². The van der Waals surface area contributed by atoms with Crippen molar-refractivity contribution in [2.45, 2.75) is 18.9 Å². The van der Waals surface area contributed by atoms with Gasteiger partial charge >= 0.3 is 0 Å². The minimum absolute atomic E-state index is 0.144. The van der Waals surface area contributed by atoms with Gasteiger partial charge in [-0.2, -0.15) is 0 Å². The second-order valence-electron chi connectivity index (χ2n) is 4.37. The molecular formula is C12H16N4O2. The van der Waals surface area contributed by atoms with E-state index in [0.29, 0.717) is 24.2 Å². The zero-order valence-electron chi connectivity index (χ0n) is 10.1. The van der Waals surface area contributed by atoms with Gasteiger partial charge in [-0.3, -0.25) is 14.5 Å². The van der Waals surface area contributed by atoms with E-state index in [4.69, 9.17) is 11.5 Å². The molecule has 0 bridgehead atoms. The first-order valence-electron chi connectivity index (χ1n) is 5.71.